The van der Waals surface area contributed by atoms with Crippen molar-refractivity contribution in [1.29, 1.82) is 0 Å². The van der Waals surface area contributed by atoms with Crippen molar-refractivity contribution >= 4 is 0 Å². The van der Waals surface area contributed by atoms with Gasteiger partial charge in [-0.3, -0.25) is 4.68 Å². The van der Waals surface area contributed by atoms with Gasteiger partial charge in [0, 0.05) is 25.7 Å². The van der Waals surface area contributed by atoms with Crippen LogP contribution in [0.1, 0.15) is 38.3 Å². The first kappa shape index (κ1) is 11.6. The Balaban J connectivity index is 2.05. The molecule has 0 aliphatic heterocycles. The SMILES string of the molecule is CNC(Cc1cn(C)nn1)C1(C)CCCC1. The fraction of sp³-hybridized carbons (Fsp3) is 0.833. The number of nitrogens with zero attached hydrogens (tertiary/aromatic N) is 3. The van der Waals surface area contributed by atoms with Gasteiger partial charge in [-0.25, -0.2) is 0 Å². The van der Waals surface area contributed by atoms with Crippen LogP contribution in [-0.4, -0.2) is 28.1 Å². The molecule has 0 amide bonds. The van der Waals surface area contributed by atoms with Crippen molar-refractivity contribution < 1.29 is 0 Å². The van der Waals surface area contributed by atoms with Crippen molar-refractivity contribution in [3.8, 4) is 0 Å². The molecule has 1 aliphatic rings. The van der Waals surface area contributed by atoms with Crippen LogP contribution in [0.5, 0.6) is 0 Å². The molecule has 2 rings (SSSR count). The number of hydrogen-bond donors (Lipinski definition) is 1. The van der Waals surface area contributed by atoms with E-state index < -0.39 is 0 Å². The highest BCUT2D eigenvalue weighted by Gasteiger charge is 2.36. The van der Waals surface area contributed by atoms with E-state index in [0.717, 1.165) is 12.1 Å². The van der Waals surface area contributed by atoms with E-state index in [9.17, 15) is 0 Å². The first-order chi connectivity index (χ1) is 7.64. The van der Waals surface area contributed by atoms with Crippen molar-refractivity contribution in [2.24, 2.45) is 12.5 Å². The average molecular weight is 222 g/mol. The maximum atomic E-state index is 4.18. The van der Waals surface area contributed by atoms with Gasteiger partial charge in [0.25, 0.3) is 0 Å². The molecule has 1 fully saturated rings. The Morgan fingerprint density at radius 3 is 2.69 bits per heavy atom. The number of nitrogens with one attached hydrogen (secondary N) is 1. The first-order valence-corrected chi connectivity index (χ1v) is 6.16. The summed E-state index contributed by atoms with van der Waals surface area (Å²) in [5, 5.41) is 11.6. The van der Waals surface area contributed by atoms with E-state index in [1.807, 2.05) is 13.2 Å². The number of likely N-dealkylation sites (N-methyl/N-ethyl adjacent to an activating group) is 1. The minimum Gasteiger partial charge on any atom is -0.316 e. The molecular formula is C12H22N4. The van der Waals surface area contributed by atoms with E-state index in [0.29, 0.717) is 11.5 Å². The van der Waals surface area contributed by atoms with Crippen LogP contribution in [0.3, 0.4) is 0 Å². The largest absolute Gasteiger partial charge is 0.316 e. The molecule has 1 heterocycles. The van der Waals surface area contributed by atoms with Crippen molar-refractivity contribution in [3.05, 3.63) is 11.9 Å². The molecule has 16 heavy (non-hydrogen) atoms. The van der Waals surface area contributed by atoms with Crippen LogP contribution in [0.2, 0.25) is 0 Å². The van der Waals surface area contributed by atoms with E-state index in [-0.39, 0.29) is 0 Å². The summed E-state index contributed by atoms with van der Waals surface area (Å²) in [4.78, 5) is 0. The minimum atomic E-state index is 0.437. The Labute approximate surface area is 97.4 Å². The van der Waals surface area contributed by atoms with E-state index in [1.54, 1.807) is 4.68 Å². The predicted molar refractivity (Wildman–Crippen MR) is 64.1 cm³/mol. The van der Waals surface area contributed by atoms with Crippen LogP contribution in [-0.2, 0) is 13.5 Å². The van der Waals surface area contributed by atoms with Crippen LogP contribution in [0, 0.1) is 5.41 Å². The normalized spacial score (nSPS) is 21.2. The third-order valence-corrected chi connectivity index (χ3v) is 4.00. The zero-order valence-corrected chi connectivity index (χ0v) is 10.5. The predicted octanol–water partition coefficient (Wildman–Crippen LogP) is 1.53. The topological polar surface area (TPSA) is 42.7 Å². The van der Waals surface area contributed by atoms with Gasteiger partial charge in [0.1, 0.15) is 0 Å². The summed E-state index contributed by atoms with van der Waals surface area (Å²) in [6.07, 6.45) is 8.41. The standard InChI is InChI=1S/C12H22N4/c1-12(6-4-5-7-12)11(13-2)8-10-9-16(3)15-14-10/h9,11,13H,4-8H2,1-3H3. The maximum Gasteiger partial charge on any atom is 0.0842 e. The molecule has 1 unspecified atom stereocenters. The van der Waals surface area contributed by atoms with Crippen molar-refractivity contribution in [3.63, 3.8) is 0 Å². The fourth-order valence-corrected chi connectivity index (χ4v) is 2.93. The third-order valence-electron chi connectivity index (χ3n) is 4.00. The van der Waals surface area contributed by atoms with Crippen molar-refractivity contribution in [1.82, 2.24) is 20.3 Å². The second-order valence-electron chi connectivity index (χ2n) is 5.29. The Kier molecular flexibility index (Phi) is 3.28. The van der Waals surface area contributed by atoms with Gasteiger partial charge in [0.15, 0.2) is 0 Å². The van der Waals surface area contributed by atoms with Crippen LogP contribution in [0.4, 0.5) is 0 Å². The lowest BCUT2D eigenvalue weighted by Gasteiger charge is -2.33. The Morgan fingerprint density at radius 2 is 2.19 bits per heavy atom. The molecule has 1 saturated carbocycles. The van der Waals surface area contributed by atoms with Crippen molar-refractivity contribution in [2.45, 2.75) is 45.1 Å². The molecule has 1 atom stereocenters. The number of aromatic nitrogens is 3. The summed E-state index contributed by atoms with van der Waals surface area (Å²) in [7, 11) is 3.98. The number of hydrogen-bond acceptors (Lipinski definition) is 3. The van der Waals surface area contributed by atoms with Gasteiger partial charge >= 0.3 is 0 Å². The average Bonchev–Trinajstić information content (AvgIpc) is 2.85. The van der Waals surface area contributed by atoms with Gasteiger partial charge in [-0.2, -0.15) is 0 Å². The lowest BCUT2D eigenvalue weighted by atomic mass is 9.78. The molecule has 0 radical (unpaired) electrons. The highest BCUT2D eigenvalue weighted by Crippen LogP contribution is 2.41. The molecule has 4 heteroatoms. The lowest BCUT2D eigenvalue weighted by Crippen LogP contribution is -2.42. The molecule has 1 aromatic heterocycles. The van der Waals surface area contributed by atoms with E-state index in [2.05, 4.69) is 29.6 Å². The zero-order chi connectivity index (χ0) is 11.6. The quantitative estimate of drug-likeness (QED) is 0.840. The molecule has 1 aliphatic carbocycles. The fourth-order valence-electron chi connectivity index (χ4n) is 2.93. The zero-order valence-electron chi connectivity index (χ0n) is 10.5. The monoisotopic (exact) mass is 222 g/mol. The summed E-state index contributed by atoms with van der Waals surface area (Å²) in [5.41, 5.74) is 1.53. The Morgan fingerprint density at radius 1 is 1.50 bits per heavy atom. The highest BCUT2D eigenvalue weighted by atomic mass is 15.4. The van der Waals surface area contributed by atoms with Gasteiger partial charge in [-0.15, -0.1) is 5.10 Å². The third kappa shape index (κ3) is 2.26. The molecule has 0 saturated heterocycles. The maximum absolute atomic E-state index is 4.18. The van der Waals surface area contributed by atoms with Crippen LogP contribution in [0.25, 0.3) is 0 Å². The second-order valence-corrected chi connectivity index (χ2v) is 5.29. The summed E-state index contributed by atoms with van der Waals surface area (Å²) in [6.45, 7) is 2.40. The van der Waals surface area contributed by atoms with Gasteiger partial charge in [0.2, 0.25) is 0 Å². The second kappa shape index (κ2) is 4.53. The van der Waals surface area contributed by atoms with Gasteiger partial charge < -0.3 is 5.32 Å². The minimum absolute atomic E-state index is 0.437. The summed E-state index contributed by atoms with van der Waals surface area (Å²) >= 11 is 0. The lowest BCUT2D eigenvalue weighted by molar-refractivity contribution is 0.228. The van der Waals surface area contributed by atoms with Gasteiger partial charge in [-0.1, -0.05) is 25.0 Å². The Hall–Kier alpha value is -0.900. The van der Waals surface area contributed by atoms with Crippen LogP contribution >= 0.6 is 0 Å². The van der Waals surface area contributed by atoms with Crippen LogP contribution < -0.4 is 5.32 Å². The van der Waals surface area contributed by atoms with Crippen molar-refractivity contribution in [2.75, 3.05) is 7.05 Å². The molecule has 4 nitrogen and oxygen atoms in total. The molecule has 0 bridgehead atoms. The van der Waals surface area contributed by atoms with E-state index in [4.69, 9.17) is 0 Å². The first-order valence-electron chi connectivity index (χ1n) is 6.16. The van der Waals surface area contributed by atoms with Gasteiger partial charge in [-0.05, 0) is 25.3 Å². The molecular weight excluding hydrogens is 200 g/mol. The molecule has 1 aromatic rings. The molecule has 0 aromatic carbocycles. The summed E-state index contributed by atoms with van der Waals surface area (Å²) in [6, 6.07) is 0.520. The van der Waals surface area contributed by atoms with E-state index >= 15 is 0 Å². The summed E-state index contributed by atoms with van der Waals surface area (Å²) in [5.74, 6) is 0. The molecule has 0 spiro atoms. The molecule has 90 valence electrons. The highest BCUT2D eigenvalue weighted by molar-refractivity contribution is 5.01. The van der Waals surface area contributed by atoms with Crippen LogP contribution in [0.15, 0.2) is 6.20 Å². The Bertz CT molecular complexity index is 339. The summed E-state index contributed by atoms with van der Waals surface area (Å²) < 4.78 is 1.78. The molecule has 1 N–H and O–H groups in total. The number of aryl methyl sites for hydroxylation is 1. The van der Waals surface area contributed by atoms with Gasteiger partial charge in [0.05, 0.1) is 5.69 Å². The van der Waals surface area contributed by atoms with E-state index in [1.165, 1.54) is 25.7 Å². The number of rotatable bonds is 4. The smallest absolute Gasteiger partial charge is 0.0842 e.